The summed E-state index contributed by atoms with van der Waals surface area (Å²) in [5.74, 6) is 0. The molecule has 0 spiro atoms. The van der Waals surface area contributed by atoms with Crippen molar-refractivity contribution in [3.8, 4) is 0 Å². The Kier molecular flexibility index (Phi) is 24.4. The largest absolute Gasteiger partial charge is 0.396 e. The number of hydrogen-bond acceptors (Lipinski definition) is 2. The molecular weight excluding hydrogens is 248 g/mol. The molecule has 20 heavy (non-hydrogen) atoms. The summed E-state index contributed by atoms with van der Waals surface area (Å²) in [7, 11) is 0. The lowest BCUT2D eigenvalue weighted by Crippen LogP contribution is -1.74. The van der Waals surface area contributed by atoms with Gasteiger partial charge in [0.05, 0.1) is 0 Å². The molecule has 0 unspecified atom stereocenters. The predicted octanol–water partition coefficient (Wildman–Crippen LogP) is 4.56. The molecule has 0 saturated carbocycles. The Morgan fingerprint density at radius 3 is 1.20 bits per heavy atom. The highest BCUT2D eigenvalue weighted by atomic mass is 16.3. The van der Waals surface area contributed by atoms with Gasteiger partial charge in [0.2, 0.25) is 0 Å². The van der Waals surface area contributed by atoms with Gasteiger partial charge < -0.3 is 10.2 Å². The molecule has 0 bridgehead atoms. The van der Waals surface area contributed by atoms with Gasteiger partial charge in [-0.1, -0.05) is 62.5 Å². The van der Waals surface area contributed by atoms with Gasteiger partial charge in [0.25, 0.3) is 0 Å². The highest BCUT2D eigenvalue weighted by Crippen LogP contribution is 1.90. The molecule has 116 valence electrons. The summed E-state index contributed by atoms with van der Waals surface area (Å²) in [6, 6.07) is 0. The fourth-order valence-electron chi connectivity index (χ4n) is 1.26. The molecule has 0 atom stereocenters. The van der Waals surface area contributed by atoms with Crippen LogP contribution in [0.3, 0.4) is 0 Å². The second-order valence-corrected chi connectivity index (χ2v) is 4.20. The Hall–Kier alpha value is -1.12. The smallest absolute Gasteiger partial charge is 0.0465 e. The molecule has 0 aliphatic heterocycles. The predicted molar refractivity (Wildman–Crippen MR) is 89.8 cm³/mol. The molecule has 0 aromatic carbocycles. The Balaban J connectivity index is 0. The molecular formula is C18H32O2. The third kappa shape index (κ3) is 25.7. The van der Waals surface area contributed by atoms with Gasteiger partial charge in [-0.2, -0.15) is 0 Å². The van der Waals surface area contributed by atoms with E-state index in [1.165, 1.54) is 0 Å². The lowest BCUT2D eigenvalue weighted by atomic mass is 10.3. The van der Waals surface area contributed by atoms with Gasteiger partial charge in [-0.05, 0) is 38.5 Å². The average molecular weight is 280 g/mol. The van der Waals surface area contributed by atoms with Crippen LogP contribution in [0.4, 0.5) is 0 Å². The summed E-state index contributed by atoms with van der Waals surface area (Å²) in [4.78, 5) is 0. The van der Waals surface area contributed by atoms with Crippen LogP contribution in [0.15, 0.2) is 48.6 Å². The molecule has 0 heterocycles. The summed E-state index contributed by atoms with van der Waals surface area (Å²) >= 11 is 0. The van der Waals surface area contributed by atoms with Crippen molar-refractivity contribution in [1.29, 1.82) is 0 Å². The van der Waals surface area contributed by atoms with E-state index in [1.54, 1.807) is 0 Å². The van der Waals surface area contributed by atoms with Gasteiger partial charge in [-0.3, -0.25) is 0 Å². The first-order valence-corrected chi connectivity index (χ1v) is 7.65. The molecule has 0 aliphatic carbocycles. The maximum Gasteiger partial charge on any atom is 0.0465 e. The van der Waals surface area contributed by atoms with Crippen molar-refractivity contribution in [1.82, 2.24) is 0 Å². The molecule has 0 aromatic rings. The first-order chi connectivity index (χ1) is 9.83. The van der Waals surface area contributed by atoms with Crippen molar-refractivity contribution in [2.45, 2.75) is 52.4 Å². The molecule has 2 nitrogen and oxygen atoms in total. The minimum Gasteiger partial charge on any atom is -0.396 e. The van der Waals surface area contributed by atoms with Crippen LogP contribution in [0.1, 0.15) is 52.4 Å². The van der Waals surface area contributed by atoms with Crippen LogP contribution in [0.5, 0.6) is 0 Å². The summed E-state index contributed by atoms with van der Waals surface area (Å²) in [6.07, 6.45) is 22.4. The van der Waals surface area contributed by atoms with E-state index in [9.17, 15) is 0 Å². The summed E-state index contributed by atoms with van der Waals surface area (Å²) in [6.45, 7) is 4.75. The van der Waals surface area contributed by atoms with Crippen molar-refractivity contribution in [2.75, 3.05) is 13.2 Å². The zero-order valence-electron chi connectivity index (χ0n) is 13.2. The summed E-state index contributed by atoms with van der Waals surface area (Å²) in [5.41, 5.74) is 0. The van der Waals surface area contributed by atoms with E-state index in [-0.39, 0.29) is 13.2 Å². The number of hydrogen-bond donors (Lipinski definition) is 2. The minimum atomic E-state index is 0.258. The normalized spacial score (nSPS) is 11.8. The van der Waals surface area contributed by atoms with Crippen molar-refractivity contribution in [3.63, 3.8) is 0 Å². The van der Waals surface area contributed by atoms with Crippen LogP contribution in [0.2, 0.25) is 0 Å². The zero-order valence-corrected chi connectivity index (χ0v) is 13.2. The van der Waals surface area contributed by atoms with Crippen LogP contribution in [-0.4, -0.2) is 23.4 Å². The third-order valence-electron chi connectivity index (χ3n) is 2.27. The van der Waals surface area contributed by atoms with E-state index >= 15 is 0 Å². The van der Waals surface area contributed by atoms with Gasteiger partial charge in [0, 0.05) is 13.2 Å². The Bertz CT molecular complexity index is 235. The number of allylic oxidation sites excluding steroid dienone is 6. The Morgan fingerprint density at radius 1 is 0.550 bits per heavy atom. The van der Waals surface area contributed by atoms with E-state index in [0.717, 1.165) is 38.5 Å². The average Bonchev–Trinajstić information content (AvgIpc) is 2.47. The fourth-order valence-corrected chi connectivity index (χ4v) is 1.26. The molecule has 0 saturated heterocycles. The topological polar surface area (TPSA) is 40.5 Å². The first kappa shape index (κ1) is 21.2. The third-order valence-corrected chi connectivity index (χ3v) is 2.27. The van der Waals surface area contributed by atoms with E-state index in [0.29, 0.717) is 0 Å². The lowest BCUT2D eigenvalue weighted by Gasteiger charge is -1.83. The minimum absolute atomic E-state index is 0.258. The molecule has 2 N–H and O–H groups in total. The quantitative estimate of drug-likeness (QED) is 0.576. The number of rotatable bonds is 10. The second kappa shape index (κ2) is 23.0. The van der Waals surface area contributed by atoms with E-state index in [4.69, 9.17) is 10.2 Å². The molecule has 2 heteroatoms. The number of aliphatic hydroxyl groups excluding tert-OH is 2. The maximum atomic E-state index is 8.40. The molecule has 0 rings (SSSR count). The first-order valence-electron chi connectivity index (χ1n) is 7.65. The molecule has 0 amide bonds. The van der Waals surface area contributed by atoms with E-state index in [2.05, 4.69) is 50.3 Å². The van der Waals surface area contributed by atoms with Gasteiger partial charge >= 0.3 is 0 Å². The van der Waals surface area contributed by atoms with Gasteiger partial charge in [-0.25, -0.2) is 0 Å². The van der Waals surface area contributed by atoms with Gasteiger partial charge in [-0.15, -0.1) is 0 Å². The van der Waals surface area contributed by atoms with Crippen molar-refractivity contribution in [3.05, 3.63) is 48.6 Å². The van der Waals surface area contributed by atoms with Crippen LogP contribution >= 0.6 is 0 Å². The molecule has 0 aromatic heterocycles. The summed E-state index contributed by atoms with van der Waals surface area (Å²) < 4.78 is 0. The monoisotopic (exact) mass is 280 g/mol. The van der Waals surface area contributed by atoms with Crippen LogP contribution in [0, 0.1) is 0 Å². The van der Waals surface area contributed by atoms with Gasteiger partial charge in [0.1, 0.15) is 0 Å². The molecule has 0 aliphatic rings. The lowest BCUT2D eigenvalue weighted by molar-refractivity contribution is 0.302. The highest BCUT2D eigenvalue weighted by Gasteiger charge is 1.73. The molecule has 0 fully saturated rings. The van der Waals surface area contributed by atoms with E-state index < -0.39 is 0 Å². The Morgan fingerprint density at radius 2 is 0.900 bits per heavy atom. The van der Waals surface area contributed by atoms with Crippen molar-refractivity contribution < 1.29 is 10.2 Å². The van der Waals surface area contributed by atoms with Crippen molar-refractivity contribution >= 4 is 0 Å². The van der Waals surface area contributed by atoms with Crippen molar-refractivity contribution in [2.24, 2.45) is 0 Å². The van der Waals surface area contributed by atoms with Crippen LogP contribution in [-0.2, 0) is 0 Å². The zero-order chi connectivity index (χ0) is 15.3. The molecule has 0 radical (unpaired) electrons. The highest BCUT2D eigenvalue weighted by molar-refractivity contribution is 4.92. The summed E-state index contributed by atoms with van der Waals surface area (Å²) in [5, 5.41) is 16.8. The Labute approximate surface area is 125 Å². The second-order valence-electron chi connectivity index (χ2n) is 4.20. The van der Waals surface area contributed by atoms with Gasteiger partial charge in [0.15, 0.2) is 0 Å². The fraction of sp³-hybridized carbons (Fsp3) is 0.556. The van der Waals surface area contributed by atoms with Crippen LogP contribution in [0.25, 0.3) is 0 Å². The SMILES string of the molecule is CCC=CCC=CCCO.CCC=CCC=CCCO. The standard InChI is InChI=1S/2C9H16O/c2*1-2-3-4-5-6-7-8-9-10/h2*3-4,6-7,10H,2,5,8-9H2,1H3. The van der Waals surface area contributed by atoms with Crippen LogP contribution < -0.4 is 0 Å². The number of aliphatic hydroxyl groups is 2. The maximum absolute atomic E-state index is 8.40. The van der Waals surface area contributed by atoms with E-state index in [1.807, 2.05) is 12.2 Å².